The van der Waals surface area contributed by atoms with Crippen molar-refractivity contribution >= 4 is 11.4 Å². The molecule has 1 aliphatic rings. The van der Waals surface area contributed by atoms with E-state index >= 15 is 0 Å². The first kappa shape index (κ1) is 11.8. The van der Waals surface area contributed by atoms with Crippen LogP contribution in [0.1, 0.15) is 12.8 Å². The standard InChI is InChI=1S/C11H14FN3O2/c12-9-2-1-3-10(15(16)17)11(9)14-8-4-6-13-7-5-8/h1-3,8,13-14H,4-7H2. The molecule has 0 amide bonds. The minimum atomic E-state index is -0.572. The molecule has 0 atom stereocenters. The number of nitro benzene ring substituents is 1. The molecule has 0 spiro atoms. The first-order valence-corrected chi connectivity index (χ1v) is 5.58. The number of hydrogen-bond acceptors (Lipinski definition) is 4. The Morgan fingerprint density at radius 3 is 2.76 bits per heavy atom. The fourth-order valence-electron chi connectivity index (χ4n) is 1.98. The molecule has 0 aliphatic carbocycles. The van der Waals surface area contributed by atoms with E-state index in [4.69, 9.17) is 0 Å². The average molecular weight is 239 g/mol. The van der Waals surface area contributed by atoms with Crippen LogP contribution in [0.15, 0.2) is 18.2 Å². The van der Waals surface area contributed by atoms with Crippen LogP contribution in [0.5, 0.6) is 0 Å². The van der Waals surface area contributed by atoms with Crippen molar-refractivity contribution in [2.45, 2.75) is 18.9 Å². The van der Waals surface area contributed by atoms with Crippen LogP contribution in [0.2, 0.25) is 0 Å². The van der Waals surface area contributed by atoms with E-state index in [0.717, 1.165) is 25.9 Å². The van der Waals surface area contributed by atoms with Gasteiger partial charge in [-0.1, -0.05) is 6.07 Å². The van der Waals surface area contributed by atoms with Gasteiger partial charge in [0.05, 0.1) is 4.92 Å². The molecule has 0 saturated carbocycles. The highest BCUT2D eigenvalue weighted by Crippen LogP contribution is 2.28. The molecule has 0 unspecified atom stereocenters. The van der Waals surface area contributed by atoms with Crippen LogP contribution in [0.4, 0.5) is 15.8 Å². The molecule has 1 aliphatic heterocycles. The Morgan fingerprint density at radius 1 is 1.41 bits per heavy atom. The number of nitro groups is 1. The molecule has 1 aromatic rings. The van der Waals surface area contributed by atoms with Crippen molar-refractivity contribution < 1.29 is 9.31 Å². The highest BCUT2D eigenvalue weighted by atomic mass is 19.1. The summed E-state index contributed by atoms with van der Waals surface area (Å²) in [6.45, 7) is 1.69. The zero-order valence-electron chi connectivity index (χ0n) is 9.28. The molecule has 92 valence electrons. The van der Waals surface area contributed by atoms with Gasteiger partial charge >= 0.3 is 0 Å². The van der Waals surface area contributed by atoms with Gasteiger partial charge in [-0.3, -0.25) is 10.1 Å². The van der Waals surface area contributed by atoms with E-state index in [1.165, 1.54) is 18.2 Å². The van der Waals surface area contributed by atoms with Gasteiger partial charge in [-0.25, -0.2) is 4.39 Å². The van der Waals surface area contributed by atoms with E-state index < -0.39 is 10.7 Å². The van der Waals surface area contributed by atoms with Gasteiger partial charge in [-0.05, 0) is 32.0 Å². The number of nitrogens with zero attached hydrogens (tertiary/aromatic N) is 1. The molecule has 5 nitrogen and oxygen atoms in total. The first-order chi connectivity index (χ1) is 8.18. The number of rotatable bonds is 3. The zero-order valence-corrected chi connectivity index (χ0v) is 9.28. The number of benzene rings is 1. The number of para-hydroxylation sites is 1. The maximum atomic E-state index is 13.6. The largest absolute Gasteiger partial charge is 0.374 e. The van der Waals surface area contributed by atoms with E-state index in [1.54, 1.807) is 0 Å². The van der Waals surface area contributed by atoms with Gasteiger partial charge in [0.15, 0.2) is 5.82 Å². The molecule has 17 heavy (non-hydrogen) atoms. The summed E-state index contributed by atoms with van der Waals surface area (Å²) in [5.74, 6) is -0.572. The van der Waals surface area contributed by atoms with Crippen molar-refractivity contribution in [3.8, 4) is 0 Å². The molecule has 1 saturated heterocycles. The molecule has 0 radical (unpaired) electrons. The van der Waals surface area contributed by atoms with Crippen molar-refractivity contribution in [1.82, 2.24) is 5.32 Å². The van der Waals surface area contributed by atoms with Crippen molar-refractivity contribution in [2.75, 3.05) is 18.4 Å². The maximum Gasteiger partial charge on any atom is 0.295 e. The summed E-state index contributed by atoms with van der Waals surface area (Å²) in [5, 5.41) is 16.9. The lowest BCUT2D eigenvalue weighted by Gasteiger charge is -2.24. The Bertz CT molecular complexity index is 419. The van der Waals surface area contributed by atoms with Crippen LogP contribution in [0, 0.1) is 15.9 Å². The molecule has 0 aromatic heterocycles. The van der Waals surface area contributed by atoms with Crippen LogP contribution in [-0.4, -0.2) is 24.1 Å². The first-order valence-electron chi connectivity index (χ1n) is 5.58. The van der Waals surface area contributed by atoms with Crippen LogP contribution in [0.25, 0.3) is 0 Å². The summed E-state index contributed by atoms with van der Waals surface area (Å²) in [7, 11) is 0. The van der Waals surface area contributed by atoms with Gasteiger partial charge in [0.25, 0.3) is 5.69 Å². The van der Waals surface area contributed by atoms with Crippen LogP contribution in [0.3, 0.4) is 0 Å². The second kappa shape index (κ2) is 5.09. The predicted octanol–water partition coefficient (Wildman–Crippen LogP) is 1.90. The van der Waals surface area contributed by atoms with Gasteiger partial charge in [-0.15, -0.1) is 0 Å². The van der Waals surface area contributed by atoms with E-state index in [2.05, 4.69) is 10.6 Å². The Labute approximate surface area is 98.2 Å². The Balaban J connectivity index is 2.21. The van der Waals surface area contributed by atoms with Crippen molar-refractivity contribution in [3.63, 3.8) is 0 Å². The third-order valence-electron chi connectivity index (χ3n) is 2.88. The fraction of sp³-hybridized carbons (Fsp3) is 0.455. The summed E-state index contributed by atoms with van der Waals surface area (Å²) in [6, 6.07) is 3.98. The molecule has 2 N–H and O–H groups in total. The number of halogens is 1. The summed E-state index contributed by atoms with van der Waals surface area (Å²) >= 11 is 0. The lowest BCUT2D eigenvalue weighted by atomic mass is 10.1. The number of anilines is 1. The lowest BCUT2D eigenvalue weighted by Crippen LogP contribution is -2.35. The van der Waals surface area contributed by atoms with Crippen molar-refractivity contribution in [2.24, 2.45) is 0 Å². The minimum absolute atomic E-state index is 0.00407. The van der Waals surface area contributed by atoms with Gasteiger partial charge in [-0.2, -0.15) is 0 Å². The number of nitrogens with one attached hydrogen (secondary N) is 2. The average Bonchev–Trinajstić information content (AvgIpc) is 2.33. The molecule has 2 rings (SSSR count). The highest BCUT2D eigenvalue weighted by Gasteiger charge is 2.21. The SMILES string of the molecule is O=[N+]([O-])c1cccc(F)c1NC1CCNCC1. The molecule has 0 bridgehead atoms. The monoisotopic (exact) mass is 239 g/mol. The van der Waals surface area contributed by atoms with E-state index in [1.807, 2.05) is 0 Å². The third kappa shape index (κ3) is 2.71. The molecule has 6 heteroatoms. The van der Waals surface area contributed by atoms with Crippen LogP contribution < -0.4 is 10.6 Å². The summed E-state index contributed by atoms with van der Waals surface area (Å²) in [4.78, 5) is 10.2. The Morgan fingerprint density at radius 2 is 2.12 bits per heavy atom. The van der Waals surface area contributed by atoms with E-state index in [-0.39, 0.29) is 17.4 Å². The second-order valence-electron chi connectivity index (χ2n) is 4.06. The Kier molecular flexibility index (Phi) is 3.53. The topological polar surface area (TPSA) is 67.2 Å². The third-order valence-corrected chi connectivity index (χ3v) is 2.88. The summed E-state index contributed by atoms with van der Waals surface area (Å²) in [6.07, 6.45) is 1.68. The Hall–Kier alpha value is -1.69. The van der Waals surface area contributed by atoms with Gasteiger partial charge in [0.2, 0.25) is 0 Å². The van der Waals surface area contributed by atoms with Crippen molar-refractivity contribution in [1.29, 1.82) is 0 Å². The number of piperidine rings is 1. The number of hydrogen-bond donors (Lipinski definition) is 2. The quantitative estimate of drug-likeness (QED) is 0.624. The predicted molar refractivity (Wildman–Crippen MR) is 62.6 cm³/mol. The van der Waals surface area contributed by atoms with Crippen molar-refractivity contribution in [3.05, 3.63) is 34.1 Å². The van der Waals surface area contributed by atoms with E-state index in [9.17, 15) is 14.5 Å². The maximum absolute atomic E-state index is 13.6. The van der Waals surface area contributed by atoms with E-state index in [0.29, 0.717) is 0 Å². The van der Waals surface area contributed by atoms with Crippen LogP contribution in [-0.2, 0) is 0 Å². The summed E-state index contributed by atoms with van der Waals surface area (Å²) in [5.41, 5.74) is -0.201. The van der Waals surface area contributed by atoms with Gasteiger partial charge in [0, 0.05) is 12.1 Å². The summed E-state index contributed by atoms with van der Waals surface area (Å²) < 4.78 is 13.6. The van der Waals surface area contributed by atoms with Gasteiger partial charge in [0.1, 0.15) is 5.69 Å². The highest BCUT2D eigenvalue weighted by molar-refractivity contribution is 5.62. The zero-order chi connectivity index (χ0) is 12.3. The smallest absolute Gasteiger partial charge is 0.295 e. The molecular weight excluding hydrogens is 225 g/mol. The minimum Gasteiger partial charge on any atom is -0.374 e. The molecule has 1 fully saturated rings. The van der Waals surface area contributed by atoms with Gasteiger partial charge < -0.3 is 10.6 Å². The normalized spacial score (nSPS) is 16.8. The molecule has 1 aromatic carbocycles. The lowest BCUT2D eigenvalue weighted by molar-refractivity contribution is -0.384. The van der Waals surface area contributed by atoms with Crippen LogP contribution >= 0.6 is 0 Å². The molecule has 1 heterocycles. The second-order valence-corrected chi connectivity index (χ2v) is 4.06. The molecular formula is C11H14FN3O2. The fourth-order valence-corrected chi connectivity index (χ4v) is 1.98.